The first-order valence-electron chi connectivity index (χ1n) is 7.95. The average Bonchev–Trinajstić information content (AvgIpc) is 2.65. The zero-order valence-electron chi connectivity index (χ0n) is 14.6. The molecule has 2 rings (SSSR count). The lowest BCUT2D eigenvalue weighted by atomic mass is 10.1. The van der Waals surface area contributed by atoms with E-state index in [1.165, 1.54) is 25.3 Å². The molecule has 0 aliphatic heterocycles. The van der Waals surface area contributed by atoms with Crippen LogP contribution in [0.4, 0.5) is 0 Å². The molecule has 0 heterocycles. The lowest BCUT2D eigenvalue weighted by Gasteiger charge is -2.03. The van der Waals surface area contributed by atoms with Crippen LogP contribution < -0.4 is 9.47 Å². The van der Waals surface area contributed by atoms with E-state index >= 15 is 0 Å². The van der Waals surface area contributed by atoms with Gasteiger partial charge >= 0.3 is 0 Å². The van der Waals surface area contributed by atoms with Gasteiger partial charge in [-0.15, -0.1) is 0 Å². The SMILES string of the molecule is COc1cc(/C=C/C(=O)CC(=O)/C=C/c2ccccc2OC)ccc1O. The quantitative estimate of drug-likeness (QED) is 0.580. The number of allylic oxidation sites excluding steroid dienone is 2. The molecule has 0 radical (unpaired) electrons. The number of hydrogen-bond acceptors (Lipinski definition) is 5. The Morgan fingerprint density at radius 3 is 2.27 bits per heavy atom. The number of carbonyl (C=O) groups is 2. The average molecular weight is 352 g/mol. The molecule has 134 valence electrons. The van der Waals surface area contributed by atoms with Gasteiger partial charge in [0.1, 0.15) is 5.75 Å². The number of rotatable bonds is 8. The van der Waals surface area contributed by atoms with Gasteiger partial charge in [-0.2, -0.15) is 0 Å². The molecular weight excluding hydrogens is 332 g/mol. The second-order valence-electron chi connectivity index (χ2n) is 5.45. The van der Waals surface area contributed by atoms with Crippen LogP contribution in [0.25, 0.3) is 12.2 Å². The van der Waals surface area contributed by atoms with E-state index in [2.05, 4.69) is 0 Å². The molecule has 0 aliphatic carbocycles. The summed E-state index contributed by atoms with van der Waals surface area (Å²) in [6.45, 7) is 0. The minimum Gasteiger partial charge on any atom is -0.504 e. The fourth-order valence-corrected chi connectivity index (χ4v) is 2.26. The molecule has 1 N–H and O–H groups in total. The number of hydrogen-bond donors (Lipinski definition) is 1. The number of phenols is 1. The van der Waals surface area contributed by atoms with E-state index < -0.39 is 0 Å². The normalized spacial score (nSPS) is 11.0. The smallest absolute Gasteiger partial charge is 0.163 e. The minimum atomic E-state index is -0.313. The van der Waals surface area contributed by atoms with Gasteiger partial charge in [-0.1, -0.05) is 30.3 Å². The highest BCUT2D eigenvalue weighted by atomic mass is 16.5. The Labute approximate surface area is 152 Å². The standard InChI is InChI=1S/C21H20O5/c1-25-20-6-4-3-5-16(20)9-11-18(23)14-17(22)10-7-15-8-12-19(24)21(13-15)26-2/h3-13,24H,14H2,1-2H3/b10-7+,11-9+. The second kappa shape index (κ2) is 9.22. The lowest BCUT2D eigenvalue weighted by molar-refractivity contribution is -0.121. The van der Waals surface area contributed by atoms with E-state index in [1.54, 1.807) is 37.5 Å². The number of methoxy groups -OCH3 is 2. The number of phenolic OH excluding ortho intramolecular Hbond substituents is 1. The summed E-state index contributed by atoms with van der Waals surface area (Å²) >= 11 is 0. The highest BCUT2D eigenvalue weighted by molar-refractivity contribution is 6.10. The predicted molar refractivity (Wildman–Crippen MR) is 100 cm³/mol. The maximum absolute atomic E-state index is 11.9. The van der Waals surface area contributed by atoms with E-state index in [-0.39, 0.29) is 23.7 Å². The molecule has 2 aromatic carbocycles. The van der Waals surface area contributed by atoms with Crippen molar-refractivity contribution in [3.8, 4) is 17.2 Å². The van der Waals surface area contributed by atoms with E-state index in [1.807, 2.05) is 18.2 Å². The molecule has 0 saturated carbocycles. The lowest BCUT2D eigenvalue weighted by Crippen LogP contribution is -2.02. The first kappa shape index (κ1) is 19.0. The van der Waals surface area contributed by atoms with Crippen molar-refractivity contribution in [2.24, 2.45) is 0 Å². The molecule has 0 bridgehead atoms. The highest BCUT2D eigenvalue weighted by Gasteiger charge is 2.05. The summed E-state index contributed by atoms with van der Waals surface area (Å²) in [5.41, 5.74) is 1.45. The molecule has 0 aliphatic rings. The highest BCUT2D eigenvalue weighted by Crippen LogP contribution is 2.26. The van der Waals surface area contributed by atoms with Gasteiger partial charge in [-0.25, -0.2) is 0 Å². The first-order valence-corrected chi connectivity index (χ1v) is 7.95. The molecule has 0 saturated heterocycles. The predicted octanol–water partition coefficient (Wildman–Crippen LogP) is 3.66. The Morgan fingerprint density at radius 1 is 0.923 bits per heavy atom. The van der Waals surface area contributed by atoms with Crippen molar-refractivity contribution >= 4 is 23.7 Å². The second-order valence-corrected chi connectivity index (χ2v) is 5.45. The molecule has 2 aromatic rings. The third kappa shape index (κ3) is 5.34. The topological polar surface area (TPSA) is 72.8 Å². The van der Waals surface area contributed by atoms with Crippen molar-refractivity contribution in [3.63, 3.8) is 0 Å². The molecule has 26 heavy (non-hydrogen) atoms. The van der Waals surface area contributed by atoms with Crippen LogP contribution in [-0.2, 0) is 9.59 Å². The summed E-state index contributed by atoms with van der Waals surface area (Å²) < 4.78 is 10.2. The minimum absolute atomic E-state index is 0.0210. The van der Waals surface area contributed by atoms with Crippen LogP contribution in [0.5, 0.6) is 17.2 Å². The van der Waals surface area contributed by atoms with E-state index in [0.717, 1.165) is 5.56 Å². The van der Waals surface area contributed by atoms with Crippen LogP contribution in [0.3, 0.4) is 0 Å². The van der Waals surface area contributed by atoms with Crippen molar-refractivity contribution in [2.75, 3.05) is 14.2 Å². The molecule has 0 unspecified atom stereocenters. The Balaban J connectivity index is 1.96. The molecule has 5 heteroatoms. The molecule has 0 fully saturated rings. The Morgan fingerprint density at radius 2 is 1.58 bits per heavy atom. The first-order chi connectivity index (χ1) is 12.5. The van der Waals surface area contributed by atoms with Gasteiger partial charge in [0.25, 0.3) is 0 Å². The van der Waals surface area contributed by atoms with Crippen molar-refractivity contribution in [1.82, 2.24) is 0 Å². The third-order valence-electron chi connectivity index (χ3n) is 3.60. The van der Waals surface area contributed by atoms with Crippen molar-refractivity contribution < 1.29 is 24.2 Å². The summed E-state index contributed by atoms with van der Waals surface area (Å²) in [7, 11) is 3.00. The zero-order chi connectivity index (χ0) is 18.9. The van der Waals surface area contributed by atoms with E-state index in [0.29, 0.717) is 17.1 Å². The molecule has 0 atom stereocenters. The third-order valence-corrected chi connectivity index (χ3v) is 3.60. The number of carbonyl (C=O) groups excluding carboxylic acids is 2. The Hall–Kier alpha value is -3.34. The molecular formula is C21H20O5. The number of ether oxygens (including phenoxy) is 2. The summed E-state index contributed by atoms with van der Waals surface area (Å²) in [6.07, 6.45) is 5.68. The number of ketones is 2. The largest absolute Gasteiger partial charge is 0.504 e. The van der Waals surface area contributed by atoms with Crippen molar-refractivity contribution in [2.45, 2.75) is 6.42 Å². The summed E-state index contributed by atoms with van der Waals surface area (Å²) in [4.78, 5) is 23.9. The van der Waals surface area contributed by atoms with Crippen LogP contribution in [0.2, 0.25) is 0 Å². The number of para-hydroxylation sites is 1. The van der Waals surface area contributed by atoms with Gasteiger partial charge in [0.05, 0.1) is 20.6 Å². The molecule has 0 spiro atoms. The van der Waals surface area contributed by atoms with Gasteiger partial charge in [0.15, 0.2) is 23.1 Å². The van der Waals surface area contributed by atoms with Crippen LogP contribution >= 0.6 is 0 Å². The van der Waals surface area contributed by atoms with Crippen LogP contribution in [-0.4, -0.2) is 30.9 Å². The maximum Gasteiger partial charge on any atom is 0.163 e. The Kier molecular flexibility index (Phi) is 6.74. The van der Waals surface area contributed by atoms with Gasteiger partial charge in [-0.05, 0) is 42.0 Å². The maximum atomic E-state index is 11.9. The molecule has 5 nitrogen and oxygen atoms in total. The fourth-order valence-electron chi connectivity index (χ4n) is 2.26. The number of benzene rings is 2. The monoisotopic (exact) mass is 352 g/mol. The molecule has 0 aromatic heterocycles. The van der Waals surface area contributed by atoms with Gasteiger partial charge in [-0.3, -0.25) is 9.59 Å². The van der Waals surface area contributed by atoms with Gasteiger partial charge in [0.2, 0.25) is 0 Å². The summed E-state index contributed by atoms with van der Waals surface area (Å²) in [5, 5.41) is 9.54. The number of aromatic hydroxyl groups is 1. The van der Waals surface area contributed by atoms with Crippen LogP contribution in [0.1, 0.15) is 17.5 Å². The Bertz CT molecular complexity index is 849. The molecule has 0 amide bonds. The van der Waals surface area contributed by atoms with Crippen LogP contribution in [0.15, 0.2) is 54.6 Å². The van der Waals surface area contributed by atoms with Crippen LogP contribution in [0, 0.1) is 0 Å². The van der Waals surface area contributed by atoms with Crippen molar-refractivity contribution in [3.05, 3.63) is 65.7 Å². The summed E-state index contributed by atoms with van der Waals surface area (Å²) in [5.74, 6) is 0.382. The van der Waals surface area contributed by atoms with Crippen molar-refractivity contribution in [1.29, 1.82) is 0 Å². The van der Waals surface area contributed by atoms with E-state index in [9.17, 15) is 14.7 Å². The summed E-state index contributed by atoms with van der Waals surface area (Å²) in [6, 6.07) is 12.0. The van der Waals surface area contributed by atoms with Gasteiger partial charge in [0, 0.05) is 5.56 Å². The fraction of sp³-hybridized carbons (Fsp3) is 0.143. The van der Waals surface area contributed by atoms with Gasteiger partial charge < -0.3 is 14.6 Å². The van der Waals surface area contributed by atoms with E-state index in [4.69, 9.17) is 9.47 Å². The zero-order valence-corrected chi connectivity index (χ0v) is 14.6.